The standard InChI is InChI=1S/C22H20N6O2/c1-14-4-2-6-19(25-14)21-17(5-3-8-23-21)18-7-9-28-22(27-18)15(11-24-28)10-20(29)26-16-12-30-13-16/h2-9,11,16H,10,12-13H2,1H3,(H,26,29). The molecule has 1 saturated heterocycles. The number of pyridine rings is 2. The lowest BCUT2D eigenvalue weighted by atomic mass is 10.1. The molecule has 1 N–H and O–H groups in total. The van der Waals surface area contributed by atoms with Crippen LogP contribution in [0.2, 0.25) is 0 Å². The molecule has 4 aromatic rings. The van der Waals surface area contributed by atoms with E-state index < -0.39 is 0 Å². The van der Waals surface area contributed by atoms with E-state index in [-0.39, 0.29) is 18.4 Å². The van der Waals surface area contributed by atoms with Crippen molar-refractivity contribution in [3.8, 4) is 22.6 Å². The van der Waals surface area contributed by atoms with Crippen LogP contribution in [-0.4, -0.2) is 49.7 Å². The molecule has 1 amide bonds. The van der Waals surface area contributed by atoms with Crippen molar-refractivity contribution in [1.82, 2.24) is 29.9 Å². The Hall–Kier alpha value is -3.65. The minimum Gasteiger partial charge on any atom is -0.377 e. The van der Waals surface area contributed by atoms with Crippen molar-refractivity contribution in [2.45, 2.75) is 19.4 Å². The summed E-state index contributed by atoms with van der Waals surface area (Å²) < 4.78 is 6.79. The highest BCUT2D eigenvalue weighted by Gasteiger charge is 2.21. The topological polar surface area (TPSA) is 94.3 Å². The quantitative estimate of drug-likeness (QED) is 0.552. The Labute approximate surface area is 173 Å². The molecule has 4 aromatic heterocycles. The van der Waals surface area contributed by atoms with Gasteiger partial charge in [0.15, 0.2) is 5.65 Å². The Bertz CT molecular complexity index is 1230. The molecule has 0 aliphatic carbocycles. The van der Waals surface area contributed by atoms with Crippen LogP contribution in [0.5, 0.6) is 0 Å². The summed E-state index contributed by atoms with van der Waals surface area (Å²) in [6.07, 6.45) is 5.50. The molecule has 0 unspecified atom stereocenters. The van der Waals surface area contributed by atoms with Crippen LogP contribution >= 0.6 is 0 Å². The summed E-state index contributed by atoms with van der Waals surface area (Å²) in [7, 11) is 0. The molecule has 0 bridgehead atoms. The summed E-state index contributed by atoms with van der Waals surface area (Å²) >= 11 is 0. The summed E-state index contributed by atoms with van der Waals surface area (Å²) in [5.74, 6) is -0.0589. The average molecular weight is 400 g/mol. The highest BCUT2D eigenvalue weighted by atomic mass is 16.5. The molecular formula is C22H20N6O2. The lowest BCUT2D eigenvalue weighted by molar-refractivity contribution is -0.124. The zero-order valence-corrected chi connectivity index (χ0v) is 16.4. The van der Waals surface area contributed by atoms with Crippen LogP contribution < -0.4 is 5.32 Å². The summed E-state index contributed by atoms with van der Waals surface area (Å²) in [5.41, 5.74) is 5.54. The van der Waals surface area contributed by atoms with Crippen LogP contribution in [0.15, 0.2) is 55.0 Å². The summed E-state index contributed by atoms with van der Waals surface area (Å²) in [4.78, 5) is 26.3. The Kier molecular flexibility index (Phi) is 4.68. The van der Waals surface area contributed by atoms with Crippen LogP contribution in [0.25, 0.3) is 28.3 Å². The number of ether oxygens (including phenoxy) is 1. The molecule has 0 spiro atoms. The molecule has 8 heteroatoms. The number of carbonyl (C=O) groups is 1. The lowest BCUT2D eigenvalue weighted by Crippen LogP contribution is -2.49. The third-order valence-electron chi connectivity index (χ3n) is 5.01. The van der Waals surface area contributed by atoms with E-state index in [0.29, 0.717) is 18.9 Å². The highest BCUT2D eigenvalue weighted by Crippen LogP contribution is 2.28. The molecule has 1 aliphatic rings. The number of carbonyl (C=O) groups excluding carboxylic acids is 1. The zero-order chi connectivity index (χ0) is 20.5. The smallest absolute Gasteiger partial charge is 0.225 e. The molecule has 0 aromatic carbocycles. The maximum Gasteiger partial charge on any atom is 0.225 e. The van der Waals surface area contributed by atoms with E-state index in [1.165, 1.54) is 0 Å². The Morgan fingerprint density at radius 3 is 2.87 bits per heavy atom. The van der Waals surface area contributed by atoms with Crippen molar-refractivity contribution >= 4 is 11.6 Å². The van der Waals surface area contributed by atoms with Gasteiger partial charge in [0.25, 0.3) is 0 Å². The van der Waals surface area contributed by atoms with Gasteiger partial charge in [-0.3, -0.25) is 14.8 Å². The van der Waals surface area contributed by atoms with Gasteiger partial charge in [-0.1, -0.05) is 6.07 Å². The van der Waals surface area contributed by atoms with E-state index in [0.717, 1.165) is 33.9 Å². The van der Waals surface area contributed by atoms with Gasteiger partial charge >= 0.3 is 0 Å². The number of hydrogen-bond donors (Lipinski definition) is 1. The third kappa shape index (κ3) is 3.53. The van der Waals surface area contributed by atoms with Crippen LogP contribution in [0.1, 0.15) is 11.3 Å². The van der Waals surface area contributed by atoms with Crippen molar-refractivity contribution in [2.75, 3.05) is 13.2 Å². The van der Waals surface area contributed by atoms with Gasteiger partial charge in [-0.05, 0) is 37.3 Å². The molecule has 5 rings (SSSR count). The van der Waals surface area contributed by atoms with Gasteiger partial charge in [-0.2, -0.15) is 5.10 Å². The number of hydrogen-bond acceptors (Lipinski definition) is 6. The number of rotatable bonds is 5. The number of amides is 1. The molecule has 1 fully saturated rings. The van der Waals surface area contributed by atoms with Crippen LogP contribution in [0.4, 0.5) is 0 Å². The fourth-order valence-corrected chi connectivity index (χ4v) is 3.45. The number of fused-ring (bicyclic) bond motifs is 1. The van der Waals surface area contributed by atoms with Crippen LogP contribution in [0, 0.1) is 6.92 Å². The van der Waals surface area contributed by atoms with Gasteiger partial charge in [0.05, 0.1) is 49.0 Å². The van der Waals surface area contributed by atoms with E-state index >= 15 is 0 Å². The Morgan fingerprint density at radius 1 is 1.17 bits per heavy atom. The van der Waals surface area contributed by atoms with E-state index in [9.17, 15) is 4.79 Å². The van der Waals surface area contributed by atoms with E-state index in [4.69, 9.17) is 9.72 Å². The second-order valence-corrected chi connectivity index (χ2v) is 7.29. The highest BCUT2D eigenvalue weighted by molar-refractivity contribution is 5.82. The second-order valence-electron chi connectivity index (χ2n) is 7.29. The first-order chi connectivity index (χ1) is 14.7. The number of aryl methyl sites for hydroxylation is 1. The maximum atomic E-state index is 12.3. The monoisotopic (exact) mass is 400 g/mol. The molecule has 0 atom stereocenters. The number of nitrogens with one attached hydrogen (secondary N) is 1. The zero-order valence-electron chi connectivity index (χ0n) is 16.4. The van der Waals surface area contributed by atoms with Gasteiger partial charge < -0.3 is 10.1 Å². The third-order valence-corrected chi connectivity index (χ3v) is 5.01. The van der Waals surface area contributed by atoms with Crippen molar-refractivity contribution in [3.63, 3.8) is 0 Å². The summed E-state index contributed by atoms with van der Waals surface area (Å²) in [6, 6.07) is 11.7. The molecule has 5 heterocycles. The molecular weight excluding hydrogens is 380 g/mol. The predicted octanol–water partition coefficient (Wildman–Crippen LogP) is 2.22. The minimum atomic E-state index is -0.0589. The normalized spacial score (nSPS) is 13.9. The van der Waals surface area contributed by atoms with Gasteiger partial charge in [0, 0.05) is 29.2 Å². The van der Waals surface area contributed by atoms with Crippen molar-refractivity contribution in [2.24, 2.45) is 0 Å². The predicted molar refractivity (Wildman–Crippen MR) is 111 cm³/mol. The van der Waals surface area contributed by atoms with Gasteiger partial charge in [0.1, 0.15) is 0 Å². The van der Waals surface area contributed by atoms with Crippen molar-refractivity contribution in [3.05, 3.63) is 66.2 Å². The molecule has 150 valence electrons. The average Bonchev–Trinajstić information content (AvgIpc) is 3.13. The van der Waals surface area contributed by atoms with E-state index in [1.807, 2.05) is 49.5 Å². The number of nitrogens with zero attached hydrogens (tertiary/aromatic N) is 5. The first-order valence-corrected chi connectivity index (χ1v) is 9.77. The summed E-state index contributed by atoms with van der Waals surface area (Å²) in [6.45, 7) is 3.09. The van der Waals surface area contributed by atoms with Crippen LogP contribution in [-0.2, 0) is 16.0 Å². The van der Waals surface area contributed by atoms with Crippen molar-refractivity contribution in [1.29, 1.82) is 0 Å². The van der Waals surface area contributed by atoms with Crippen molar-refractivity contribution < 1.29 is 9.53 Å². The van der Waals surface area contributed by atoms with Gasteiger partial charge in [-0.25, -0.2) is 9.50 Å². The fourth-order valence-electron chi connectivity index (χ4n) is 3.45. The minimum absolute atomic E-state index is 0.0589. The largest absolute Gasteiger partial charge is 0.377 e. The van der Waals surface area contributed by atoms with Gasteiger partial charge in [-0.15, -0.1) is 0 Å². The Balaban J connectivity index is 1.51. The molecule has 8 nitrogen and oxygen atoms in total. The molecule has 0 radical (unpaired) electrons. The fraction of sp³-hybridized carbons (Fsp3) is 0.227. The van der Waals surface area contributed by atoms with E-state index in [1.54, 1.807) is 16.9 Å². The first-order valence-electron chi connectivity index (χ1n) is 9.77. The van der Waals surface area contributed by atoms with Gasteiger partial charge in [0.2, 0.25) is 5.91 Å². The molecule has 1 aliphatic heterocycles. The molecule has 30 heavy (non-hydrogen) atoms. The van der Waals surface area contributed by atoms with Crippen LogP contribution in [0.3, 0.4) is 0 Å². The summed E-state index contributed by atoms with van der Waals surface area (Å²) in [5, 5.41) is 7.29. The second kappa shape index (κ2) is 7.64. The molecule has 0 saturated carbocycles. The SMILES string of the molecule is Cc1cccc(-c2ncccc2-c2ccn3ncc(CC(=O)NC4COC4)c3n2)n1. The number of aromatic nitrogens is 5. The first kappa shape index (κ1) is 18.4. The lowest BCUT2D eigenvalue weighted by Gasteiger charge is -2.26. The van der Waals surface area contributed by atoms with E-state index in [2.05, 4.69) is 20.4 Å². The maximum absolute atomic E-state index is 12.3. The Morgan fingerprint density at radius 2 is 2.07 bits per heavy atom.